The second-order valence-electron chi connectivity index (χ2n) is 15.3. The third-order valence-electron chi connectivity index (χ3n) is 10.4. The van der Waals surface area contributed by atoms with Crippen LogP contribution in [0.1, 0.15) is 83.2 Å². The summed E-state index contributed by atoms with van der Waals surface area (Å²) >= 11 is 0. The molecule has 332 valence electrons. The number of carbonyl (C=O) groups excluding carboxylic acids is 2. The van der Waals surface area contributed by atoms with Gasteiger partial charge in [-0.1, -0.05) is 54.6 Å². The number of hydrogen-bond acceptors (Lipinski definition) is 13. The van der Waals surface area contributed by atoms with E-state index < -0.39 is 49.9 Å². The molecule has 0 spiro atoms. The number of aromatic amines is 1. The van der Waals surface area contributed by atoms with Gasteiger partial charge < -0.3 is 37.5 Å². The second-order valence-corrected chi connectivity index (χ2v) is 16.7. The van der Waals surface area contributed by atoms with E-state index in [1.54, 1.807) is 14.2 Å². The Morgan fingerprint density at radius 1 is 0.839 bits per heavy atom. The van der Waals surface area contributed by atoms with Crippen molar-refractivity contribution in [3.8, 4) is 17.6 Å². The lowest BCUT2D eigenvalue weighted by atomic mass is 9.80. The van der Waals surface area contributed by atoms with E-state index in [1.165, 1.54) is 23.8 Å². The van der Waals surface area contributed by atoms with Gasteiger partial charge in [-0.25, -0.2) is 9.46 Å². The van der Waals surface area contributed by atoms with Crippen LogP contribution < -0.4 is 20.7 Å². The predicted molar refractivity (Wildman–Crippen MR) is 233 cm³/mol. The molecule has 1 aliphatic heterocycles. The average Bonchev–Trinajstić information content (AvgIpc) is 3.59. The summed E-state index contributed by atoms with van der Waals surface area (Å²) in [5.41, 5.74) is -0.287. The predicted octanol–water partition coefficient (Wildman–Crippen LogP) is 6.83. The summed E-state index contributed by atoms with van der Waals surface area (Å²) in [6, 6.07) is 28.1. The van der Waals surface area contributed by atoms with Crippen molar-refractivity contribution in [3.63, 3.8) is 0 Å². The number of ether oxygens (including phenoxy) is 5. The molecule has 1 unspecified atom stereocenters. The highest BCUT2D eigenvalue weighted by atomic mass is 31.2. The second kappa shape index (κ2) is 22.9. The van der Waals surface area contributed by atoms with Crippen molar-refractivity contribution in [2.75, 3.05) is 34.0 Å². The maximum absolute atomic E-state index is 13.5. The third kappa shape index (κ3) is 11.9. The summed E-state index contributed by atoms with van der Waals surface area (Å²) < 4.78 is 48.4. The van der Waals surface area contributed by atoms with Gasteiger partial charge in [0.05, 0.1) is 46.5 Å². The highest BCUT2D eigenvalue weighted by Crippen LogP contribution is 2.51. The smallest absolute Gasteiger partial charge is 0.330 e. The number of aromatic nitrogens is 2. The number of carbonyl (C=O) groups is 2. The Balaban J connectivity index is 1.66. The maximum Gasteiger partial charge on any atom is 0.330 e. The molecular weight excluding hydrogens is 815 g/mol. The van der Waals surface area contributed by atoms with Crippen molar-refractivity contribution >= 4 is 20.1 Å². The SMILES string of the molecule is COc1ccc(C(OC[C@H]2O[C@@H](n3ccc(=O)[nH]c3=O)[C@H](OCCC(=O)CCC(C)=O)[C@@H]2OP(OCCC#N)N(C(C)C)C(C)C)(c2ccccc2)c2ccc(OC)cc2)cc1. The number of H-pyrrole nitrogens is 1. The standard InChI is InChI=1S/C46H57N4O11P/c1-31(2)50(32(3)4)62(59-28-11-26-47)61-42-40(60-44(49-27-24-41(53)48-45(49)54)43(42)57-29-25-37(52)19-14-33(5)51)30-58-46(34-12-9-8-10-13-34,35-15-20-38(55-6)21-16-35)36-17-22-39(56-7)23-18-36/h8-10,12-13,15-18,20-24,27,31-32,40,42-44H,11,14,19,25,28-30H2,1-7H3,(H,48,53,54)/t40-,42-,43-,44-,62?/m1/s1. The summed E-state index contributed by atoms with van der Waals surface area (Å²) in [5.74, 6) is 1.03. The minimum Gasteiger partial charge on any atom is -0.497 e. The molecule has 1 saturated heterocycles. The number of nitriles is 1. The van der Waals surface area contributed by atoms with E-state index in [0.717, 1.165) is 16.7 Å². The normalized spacial score (nSPS) is 18.2. The molecule has 0 amide bonds. The number of hydrogen-bond donors (Lipinski definition) is 1. The quantitative estimate of drug-likeness (QED) is 0.0440. The van der Waals surface area contributed by atoms with Gasteiger partial charge >= 0.3 is 5.69 Å². The number of benzene rings is 3. The number of nitrogens with one attached hydrogen (secondary N) is 1. The van der Waals surface area contributed by atoms with Crippen LogP contribution in [0.2, 0.25) is 0 Å². The minimum absolute atomic E-state index is 0.0193. The number of ketones is 2. The van der Waals surface area contributed by atoms with Gasteiger partial charge in [0.1, 0.15) is 47.0 Å². The first-order valence-electron chi connectivity index (χ1n) is 20.7. The Kier molecular flexibility index (Phi) is 17.7. The van der Waals surface area contributed by atoms with Gasteiger partial charge in [0.15, 0.2) is 6.23 Å². The van der Waals surface area contributed by atoms with E-state index >= 15 is 0 Å². The molecule has 16 heteroatoms. The first-order chi connectivity index (χ1) is 29.8. The Labute approximate surface area is 363 Å². The molecule has 15 nitrogen and oxygen atoms in total. The van der Waals surface area contributed by atoms with Gasteiger partial charge in [0.25, 0.3) is 14.1 Å². The summed E-state index contributed by atoms with van der Waals surface area (Å²) in [5, 5.41) is 9.46. The van der Waals surface area contributed by atoms with Crippen LogP contribution >= 0.6 is 8.53 Å². The molecule has 0 bridgehead atoms. The zero-order valence-corrected chi connectivity index (χ0v) is 37.2. The zero-order valence-electron chi connectivity index (χ0n) is 36.4. The molecule has 0 aliphatic carbocycles. The molecule has 1 fully saturated rings. The van der Waals surface area contributed by atoms with Gasteiger partial charge in [-0.15, -0.1) is 0 Å². The Bertz CT molecular complexity index is 2150. The van der Waals surface area contributed by atoms with Crippen molar-refractivity contribution in [3.05, 3.63) is 129 Å². The van der Waals surface area contributed by atoms with Gasteiger partial charge in [-0.3, -0.25) is 19.1 Å². The number of nitrogens with zero attached hydrogens (tertiary/aromatic N) is 3. The number of rotatable bonds is 24. The Morgan fingerprint density at radius 2 is 1.44 bits per heavy atom. The van der Waals surface area contributed by atoms with Crippen LogP contribution in [0.3, 0.4) is 0 Å². The lowest BCUT2D eigenvalue weighted by Crippen LogP contribution is -2.43. The lowest BCUT2D eigenvalue weighted by molar-refractivity contribution is -0.125. The largest absolute Gasteiger partial charge is 0.497 e. The van der Waals surface area contributed by atoms with Gasteiger partial charge in [0.2, 0.25) is 0 Å². The summed E-state index contributed by atoms with van der Waals surface area (Å²) in [7, 11) is 1.28. The fraction of sp³-hybridized carbons (Fsp3) is 0.457. The van der Waals surface area contributed by atoms with Crippen molar-refractivity contribution in [1.82, 2.24) is 14.2 Å². The van der Waals surface area contributed by atoms with Gasteiger partial charge in [0, 0.05) is 43.6 Å². The fourth-order valence-electron chi connectivity index (χ4n) is 7.43. The topological polar surface area (TPSA) is 181 Å². The summed E-state index contributed by atoms with van der Waals surface area (Å²) in [6.07, 6.45) is -2.64. The van der Waals surface area contributed by atoms with Crippen molar-refractivity contribution < 1.29 is 42.3 Å². The summed E-state index contributed by atoms with van der Waals surface area (Å²) in [6.45, 7) is 9.33. The Morgan fingerprint density at radius 3 is 1.97 bits per heavy atom. The fourth-order valence-corrected chi connectivity index (χ4v) is 9.20. The molecule has 1 aliphatic rings. The third-order valence-corrected chi connectivity index (χ3v) is 12.5. The van der Waals surface area contributed by atoms with Crippen LogP contribution in [0.5, 0.6) is 11.5 Å². The maximum atomic E-state index is 13.5. The van der Waals surface area contributed by atoms with Crippen LogP contribution in [0, 0.1) is 11.3 Å². The highest BCUT2D eigenvalue weighted by molar-refractivity contribution is 7.44. The molecule has 4 aromatic rings. The number of Topliss-reactive ketones (excluding diaryl/α,β-unsaturated/α-hetero) is 2. The van der Waals surface area contributed by atoms with E-state index in [9.17, 15) is 24.4 Å². The van der Waals surface area contributed by atoms with E-state index in [4.69, 9.17) is 32.7 Å². The van der Waals surface area contributed by atoms with E-state index in [-0.39, 0.29) is 69.2 Å². The monoisotopic (exact) mass is 872 g/mol. The van der Waals surface area contributed by atoms with E-state index in [1.807, 2.05) is 107 Å². The molecule has 2 heterocycles. The molecule has 1 N–H and O–H groups in total. The minimum atomic E-state index is -1.91. The van der Waals surface area contributed by atoms with Gasteiger partial charge in [-0.05, 0) is 75.6 Å². The van der Waals surface area contributed by atoms with Crippen LogP contribution in [0.15, 0.2) is 101 Å². The molecule has 3 aromatic carbocycles. The van der Waals surface area contributed by atoms with Gasteiger partial charge in [-0.2, -0.15) is 5.26 Å². The van der Waals surface area contributed by atoms with Crippen LogP contribution in [-0.4, -0.2) is 90.2 Å². The van der Waals surface area contributed by atoms with Crippen molar-refractivity contribution in [2.45, 2.75) is 103 Å². The van der Waals surface area contributed by atoms with E-state index in [2.05, 4.69) is 15.7 Å². The lowest BCUT2D eigenvalue weighted by Gasteiger charge is -2.39. The van der Waals surface area contributed by atoms with E-state index in [0.29, 0.717) is 11.5 Å². The molecule has 62 heavy (non-hydrogen) atoms. The Hall–Kier alpha value is -5.04. The molecular formula is C46H57N4O11P. The molecule has 5 atom stereocenters. The van der Waals surface area contributed by atoms with Crippen LogP contribution in [0.4, 0.5) is 0 Å². The molecule has 5 rings (SSSR count). The highest BCUT2D eigenvalue weighted by Gasteiger charge is 2.51. The number of methoxy groups -OCH3 is 2. The van der Waals surface area contributed by atoms with Crippen molar-refractivity contribution in [2.24, 2.45) is 0 Å². The van der Waals surface area contributed by atoms with Crippen molar-refractivity contribution in [1.29, 1.82) is 5.26 Å². The first-order valence-corrected chi connectivity index (χ1v) is 21.8. The van der Waals surface area contributed by atoms with Crippen LogP contribution in [0.25, 0.3) is 0 Å². The molecule has 1 aromatic heterocycles. The molecule has 0 saturated carbocycles. The molecule has 0 radical (unpaired) electrons. The average molecular weight is 873 g/mol. The zero-order chi connectivity index (χ0) is 44.8. The first kappa shape index (κ1) is 48.0. The summed E-state index contributed by atoms with van der Waals surface area (Å²) in [4.78, 5) is 52.7. The van der Waals surface area contributed by atoms with Crippen LogP contribution in [-0.2, 0) is 38.4 Å².